The number of carbonyl (C=O) groups is 2. The van der Waals surface area contributed by atoms with Crippen molar-refractivity contribution in [2.75, 3.05) is 19.7 Å². The van der Waals surface area contributed by atoms with Gasteiger partial charge in [0.15, 0.2) is 0 Å². The fraction of sp³-hybridized carbons (Fsp3) is 0.421. The largest absolute Gasteiger partial charge is 0.481 e. The molecule has 0 radical (unpaired) electrons. The van der Waals surface area contributed by atoms with Gasteiger partial charge in [-0.2, -0.15) is 0 Å². The van der Waals surface area contributed by atoms with E-state index in [1.165, 1.54) is 16.9 Å². The van der Waals surface area contributed by atoms with Gasteiger partial charge in [0, 0.05) is 18.7 Å². The first-order chi connectivity index (χ1) is 12.3. The van der Waals surface area contributed by atoms with Crippen molar-refractivity contribution in [2.45, 2.75) is 33.3 Å². The van der Waals surface area contributed by atoms with E-state index in [2.05, 4.69) is 11.1 Å². The second-order valence-electron chi connectivity index (χ2n) is 6.59. The number of morpholine rings is 1. The maximum Gasteiger partial charge on any atom is 0.306 e. The van der Waals surface area contributed by atoms with E-state index in [0.717, 1.165) is 16.1 Å². The minimum absolute atomic E-state index is 0.0980. The molecule has 1 fully saturated rings. The van der Waals surface area contributed by atoms with Crippen molar-refractivity contribution in [1.82, 2.24) is 9.88 Å². The Bertz CT molecular complexity index is 846. The molecular weight excluding hydrogens is 352 g/mol. The maximum absolute atomic E-state index is 12.9. The lowest BCUT2D eigenvalue weighted by atomic mass is 10.1. The van der Waals surface area contributed by atoms with Crippen LogP contribution in [0.15, 0.2) is 18.2 Å². The van der Waals surface area contributed by atoms with Crippen LogP contribution in [0, 0.1) is 20.8 Å². The molecule has 0 unspecified atom stereocenters. The summed E-state index contributed by atoms with van der Waals surface area (Å²) in [4.78, 5) is 30.7. The van der Waals surface area contributed by atoms with Gasteiger partial charge >= 0.3 is 5.97 Å². The molecule has 7 heteroatoms. The van der Waals surface area contributed by atoms with E-state index in [9.17, 15) is 9.59 Å². The zero-order valence-electron chi connectivity index (χ0n) is 15.1. The number of rotatable bonds is 4. The van der Waals surface area contributed by atoms with Crippen LogP contribution < -0.4 is 0 Å². The van der Waals surface area contributed by atoms with Crippen LogP contribution in [0.5, 0.6) is 0 Å². The molecule has 1 aliphatic rings. The Morgan fingerprint density at radius 2 is 2.12 bits per heavy atom. The average molecular weight is 374 g/mol. The Kier molecular flexibility index (Phi) is 5.38. The molecule has 3 rings (SSSR count). The molecule has 26 heavy (non-hydrogen) atoms. The standard InChI is InChI=1S/C19H22N2O4S/c1-11-4-5-15(12(2)8-11)18-20-13(3)17(26-18)19(24)21-6-7-25-14(10-21)9-16(22)23/h4-5,8,14H,6-7,9-10H2,1-3H3,(H,22,23)/t14-/m1/s1. The Morgan fingerprint density at radius 1 is 1.35 bits per heavy atom. The molecule has 6 nitrogen and oxygen atoms in total. The normalized spacial score (nSPS) is 17.3. The molecule has 0 spiro atoms. The number of nitrogens with zero attached hydrogens (tertiary/aromatic N) is 2. The molecule has 0 bridgehead atoms. The van der Waals surface area contributed by atoms with Crippen LogP contribution in [0.3, 0.4) is 0 Å². The van der Waals surface area contributed by atoms with Crippen molar-refractivity contribution >= 4 is 23.2 Å². The molecule has 0 saturated carbocycles. The third kappa shape index (κ3) is 3.94. The highest BCUT2D eigenvalue weighted by Gasteiger charge is 2.29. The van der Waals surface area contributed by atoms with E-state index in [0.29, 0.717) is 30.3 Å². The van der Waals surface area contributed by atoms with Gasteiger partial charge in [0.2, 0.25) is 0 Å². The van der Waals surface area contributed by atoms with Crippen LogP contribution in [0.2, 0.25) is 0 Å². The van der Waals surface area contributed by atoms with Gasteiger partial charge in [0.05, 0.1) is 24.8 Å². The van der Waals surface area contributed by atoms with Gasteiger partial charge in [-0.15, -0.1) is 11.3 Å². The Labute approximate surface area is 156 Å². The number of aryl methyl sites for hydroxylation is 3. The zero-order chi connectivity index (χ0) is 18.8. The molecule has 1 aliphatic heterocycles. The number of carbonyl (C=O) groups excluding carboxylic acids is 1. The Balaban J connectivity index is 1.82. The lowest BCUT2D eigenvalue weighted by molar-refractivity contribution is -0.141. The van der Waals surface area contributed by atoms with Gasteiger partial charge in [-0.1, -0.05) is 23.8 Å². The molecule has 1 saturated heterocycles. The quantitative estimate of drug-likeness (QED) is 0.890. The van der Waals surface area contributed by atoms with Gasteiger partial charge < -0.3 is 14.7 Å². The third-order valence-corrected chi connectivity index (χ3v) is 5.61. The van der Waals surface area contributed by atoms with Gasteiger partial charge in [-0.3, -0.25) is 9.59 Å². The number of hydrogen-bond acceptors (Lipinski definition) is 5. The van der Waals surface area contributed by atoms with Crippen LogP contribution in [0.25, 0.3) is 10.6 Å². The summed E-state index contributed by atoms with van der Waals surface area (Å²) in [5.41, 5.74) is 4.06. The zero-order valence-corrected chi connectivity index (χ0v) is 15.9. The third-order valence-electron chi connectivity index (χ3n) is 4.43. The first-order valence-corrected chi connectivity index (χ1v) is 9.34. The topological polar surface area (TPSA) is 79.7 Å². The summed E-state index contributed by atoms with van der Waals surface area (Å²) >= 11 is 1.39. The number of carboxylic acids is 1. The number of thiazole rings is 1. The van der Waals surface area contributed by atoms with Gasteiger partial charge in [-0.25, -0.2) is 4.98 Å². The highest BCUT2D eigenvalue weighted by molar-refractivity contribution is 7.17. The SMILES string of the molecule is Cc1ccc(-c2nc(C)c(C(=O)N3CCO[C@H](CC(=O)O)C3)s2)c(C)c1. The molecule has 0 aliphatic carbocycles. The molecule has 1 aromatic carbocycles. The highest BCUT2D eigenvalue weighted by Crippen LogP contribution is 2.31. The van der Waals surface area contributed by atoms with E-state index in [4.69, 9.17) is 9.84 Å². The Hall–Kier alpha value is -2.25. The van der Waals surface area contributed by atoms with E-state index >= 15 is 0 Å². The fourth-order valence-corrected chi connectivity index (χ4v) is 4.25. The van der Waals surface area contributed by atoms with E-state index in [1.54, 1.807) is 4.90 Å². The monoisotopic (exact) mass is 374 g/mol. The minimum atomic E-state index is -0.921. The maximum atomic E-state index is 12.9. The minimum Gasteiger partial charge on any atom is -0.481 e. The predicted molar refractivity (Wildman–Crippen MR) is 99.7 cm³/mol. The first-order valence-electron chi connectivity index (χ1n) is 8.53. The lowest BCUT2D eigenvalue weighted by Crippen LogP contribution is -2.46. The summed E-state index contributed by atoms with van der Waals surface area (Å²) in [5, 5.41) is 9.77. The number of ether oxygens (including phenoxy) is 1. The van der Waals surface area contributed by atoms with E-state index < -0.39 is 12.1 Å². The molecule has 1 N–H and O–H groups in total. The van der Waals surface area contributed by atoms with Crippen LogP contribution >= 0.6 is 11.3 Å². The first kappa shape index (κ1) is 18.5. The lowest BCUT2D eigenvalue weighted by Gasteiger charge is -2.32. The van der Waals surface area contributed by atoms with Crippen molar-refractivity contribution in [3.8, 4) is 10.6 Å². The van der Waals surface area contributed by atoms with Crippen molar-refractivity contribution in [3.63, 3.8) is 0 Å². The highest BCUT2D eigenvalue weighted by atomic mass is 32.1. The number of carboxylic acid groups (broad SMARTS) is 1. The summed E-state index contributed by atoms with van der Waals surface area (Å²) in [5.74, 6) is -1.02. The van der Waals surface area contributed by atoms with Crippen LogP contribution in [-0.4, -0.2) is 52.7 Å². The van der Waals surface area contributed by atoms with Gasteiger partial charge in [0.1, 0.15) is 9.88 Å². The molecular formula is C19H22N2O4S. The number of hydrogen-bond donors (Lipinski definition) is 1. The molecule has 138 valence electrons. The summed E-state index contributed by atoms with van der Waals surface area (Å²) in [6, 6.07) is 6.18. The van der Waals surface area contributed by atoms with Crippen LogP contribution in [0.4, 0.5) is 0 Å². The van der Waals surface area contributed by atoms with Gasteiger partial charge in [-0.05, 0) is 26.3 Å². The van der Waals surface area contributed by atoms with Crippen molar-refractivity contribution in [3.05, 3.63) is 39.9 Å². The summed E-state index contributed by atoms with van der Waals surface area (Å²) in [6.07, 6.45) is -0.559. The van der Waals surface area contributed by atoms with E-state index in [-0.39, 0.29) is 12.3 Å². The molecule has 2 aromatic rings. The second kappa shape index (κ2) is 7.55. The molecule has 1 atom stereocenters. The summed E-state index contributed by atoms with van der Waals surface area (Å²) in [7, 11) is 0. The summed E-state index contributed by atoms with van der Waals surface area (Å²) < 4.78 is 5.45. The number of aliphatic carboxylic acids is 1. The number of amides is 1. The van der Waals surface area contributed by atoms with Crippen LogP contribution in [0.1, 0.15) is 32.9 Å². The Morgan fingerprint density at radius 3 is 2.81 bits per heavy atom. The van der Waals surface area contributed by atoms with Crippen molar-refractivity contribution in [1.29, 1.82) is 0 Å². The number of aromatic nitrogens is 1. The van der Waals surface area contributed by atoms with E-state index in [1.807, 2.05) is 32.9 Å². The van der Waals surface area contributed by atoms with Gasteiger partial charge in [0.25, 0.3) is 5.91 Å². The van der Waals surface area contributed by atoms with Crippen LogP contribution in [-0.2, 0) is 9.53 Å². The fourth-order valence-electron chi connectivity index (χ4n) is 3.13. The predicted octanol–water partition coefficient (Wildman–Crippen LogP) is 3.05. The molecule has 1 amide bonds. The van der Waals surface area contributed by atoms with Crippen molar-refractivity contribution in [2.24, 2.45) is 0 Å². The number of benzene rings is 1. The molecule has 2 heterocycles. The van der Waals surface area contributed by atoms with Crippen molar-refractivity contribution < 1.29 is 19.4 Å². The second-order valence-corrected chi connectivity index (χ2v) is 7.59. The average Bonchev–Trinajstić information content (AvgIpc) is 2.95. The molecule has 1 aromatic heterocycles. The summed E-state index contributed by atoms with van der Waals surface area (Å²) in [6.45, 7) is 7.04. The smallest absolute Gasteiger partial charge is 0.306 e.